The molecule has 6 heteroatoms. The lowest BCUT2D eigenvalue weighted by Crippen LogP contribution is -2.46. The number of carbonyl (C=O) groups excluding carboxylic acids is 2. The average Bonchev–Trinajstić information content (AvgIpc) is 2.72. The second-order valence-electron chi connectivity index (χ2n) is 6.78. The molecule has 1 fully saturated rings. The number of benzene rings is 1. The molecular weight excluding hydrogens is 348 g/mol. The van der Waals surface area contributed by atoms with Crippen LogP contribution < -0.4 is 0 Å². The Labute approximate surface area is 159 Å². The Hall–Kier alpha value is -2.18. The summed E-state index contributed by atoms with van der Waals surface area (Å²) >= 11 is 0. The molecule has 0 radical (unpaired) electrons. The highest BCUT2D eigenvalue weighted by atomic mass is 16.7. The monoisotopic (exact) mass is 374 g/mol. The third-order valence-corrected chi connectivity index (χ3v) is 5.40. The Balaban J connectivity index is 1.98. The summed E-state index contributed by atoms with van der Waals surface area (Å²) in [6.07, 6.45) is 2.18. The highest BCUT2D eigenvalue weighted by Crippen LogP contribution is 2.48. The summed E-state index contributed by atoms with van der Waals surface area (Å²) < 4.78 is 22.0. The number of esters is 2. The van der Waals surface area contributed by atoms with Gasteiger partial charge in [0.1, 0.15) is 0 Å². The second-order valence-corrected chi connectivity index (χ2v) is 6.78. The van der Waals surface area contributed by atoms with Gasteiger partial charge in [0, 0.05) is 12.5 Å². The average molecular weight is 374 g/mol. The van der Waals surface area contributed by atoms with Crippen LogP contribution in [-0.4, -0.2) is 39.1 Å². The van der Waals surface area contributed by atoms with Crippen LogP contribution in [0.4, 0.5) is 0 Å². The quantitative estimate of drug-likeness (QED) is 0.583. The molecule has 1 heterocycles. The minimum atomic E-state index is -0.611. The molecule has 0 bridgehead atoms. The van der Waals surface area contributed by atoms with Crippen LogP contribution >= 0.6 is 0 Å². The van der Waals surface area contributed by atoms with Crippen LogP contribution in [0.5, 0.6) is 0 Å². The van der Waals surface area contributed by atoms with E-state index in [1.807, 2.05) is 43.3 Å². The molecule has 1 aromatic carbocycles. The Morgan fingerprint density at radius 1 is 1.11 bits per heavy atom. The fraction of sp³-hybridized carbons (Fsp3) is 0.524. The van der Waals surface area contributed by atoms with Crippen LogP contribution in [-0.2, 0) is 28.5 Å². The van der Waals surface area contributed by atoms with Gasteiger partial charge in [0.15, 0.2) is 6.29 Å². The molecule has 0 saturated carbocycles. The predicted octanol–water partition coefficient (Wildman–Crippen LogP) is 3.04. The first-order valence-electron chi connectivity index (χ1n) is 9.28. The van der Waals surface area contributed by atoms with Crippen molar-refractivity contribution in [3.8, 4) is 0 Å². The minimum Gasteiger partial charge on any atom is -0.469 e. The Kier molecular flexibility index (Phi) is 6.29. The fourth-order valence-corrected chi connectivity index (χ4v) is 4.14. The van der Waals surface area contributed by atoms with Gasteiger partial charge >= 0.3 is 11.9 Å². The van der Waals surface area contributed by atoms with Gasteiger partial charge in [-0.1, -0.05) is 36.4 Å². The van der Waals surface area contributed by atoms with Crippen molar-refractivity contribution in [3.63, 3.8) is 0 Å². The fourth-order valence-electron chi connectivity index (χ4n) is 4.14. The number of hydrogen-bond acceptors (Lipinski definition) is 6. The van der Waals surface area contributed by atoms with Gasteiger partial charge < -0.3 is 18.9 Å². The molecule has 1 aliphatic heterocycles. The molecule has 0 amide bonds. The summed E-state index contributed by atoms with van der Waals surface area (Å²) in [6.45, 7) is 2.39. The zero-order chi connectivity index (χ0) is 19.4. The van der Waals surface area contributed by atoms with Crippen LogP contribution in [0.25, 0.3) is 0 Å². The number of rotatable bonds is 5. The molecule has 5 atom stereocenters. The van der Waals surface area contributed by atoms with Crippen LogP contribution in [0.15, 0.2) is 42.0 Å². The van der Waals surface area contributed by atoms with Crippen molar-refractivity contribution in [1.29, 1.82) is 0 Å². The molecule has 27 heavy (non-hydrogen) atoms. The van der Waals surface area contributed by atoms with E-state index >= 15 is 0 Å². The van der Waals surface area contributed by atoms with Crippen molar-refractivity contribution in [2.45, 2.75) is 32.2 Å². The minimum absolute atomic E-state index is 0.203. The molecule has 0 N–H and O–H groups in total. The van der Waals surface area contributed by atoms with Crippen molar-refractivity contribution in [3.05, 3.63) is 47.5 Å². The smallest absolute Gasteiger partial charge is 0.310 e. The number of hydrogen-bond donors (Lipinski definition) is 0. The van der Waals surface area contributed by atoms with E-state index in [0.717, 1.165) is 11.1 Å². The molecule has 1 aliphatic carbocycles. The Morgan fingerprint density at radius 3 is 2.44 bits per heavy atom. The van der Waals surface area contributed by atoms with Crippen molar-refractivity contribution in [1.82, 2.24) is 0 Å². The summed E-state index contributed by atoms with van der Waals surface area (Å²) in [5, 5.41) is 0. The molecule has 3 unspecified atom stereocenters. The van der Waals surface area contributed by atoms with Gasteiger partial charge in [-0.25, -0.2) is 0 Å². The zero-order valence-corrected chi connectivity index (χ0v) is 15.9. The maximum absolute atomic E-state index is 12.6. The summed E-state index contributed by atoms with van der Waals surface area (Å²) in [4.78, 5) is 24.9. The van der Waals surface area contributed by atoms with Gasteiger partial charge in [-0.3, -0.25) is 9.59 Å². The van der Waals surface area contributed by atoms with Crippen molar-refractivity contribution in [2.75, 3.05) is 20.8 Å². The van der Waals surface area contributed by atoms with E-state index in [4.69, 9.17) is 18.9 Å². The van der Waals surface area contributed by atoms with Crippen molar-refractivity contribution in [2.24, 2.45) is 17.8 Å². The first kappa shape index (κ1) is 19.6. The normalized spacial score (nSPS) is 30.0. The molecular formula is C21H26O6. The van der Waals surface area contributed by atoms with Crippen LogP contribution in [0.3, 0.4) is 0 Å². The summed E-state index contributed by atoms with van der Waals surface area (Å²) in [5.41, 5.74) is 1.93. The zero-order valence-electron chi connectivity index (χ0n) is 15.9. The van der Waals surface area contributed by atoms with Gasteiger partial charge in [0.2, 0.25) is 0 Å². The number of fused-ring (bicyclic) bond motifs is 1. The van der Waals surface area contributed by atoms with E-state index in [9.17, 15) is 9.59 Å². The van der Waals surface area contributed by atoms with Gasteiger partial charge in [-0.15, -0.1) is 0 Å². The highest BCUT2D eigenvalue weighted by Gasteiger charge is 2.49. The van der Waals surface area contributed by atoms with Crippen molar-refractivity contribution >= 4 is 11.9 Å². The maximum Gasteiger partial charge on any atom is 0.310 e. The van der Waals surface area contributed by atoms with E-state index in [0.29, 0.717) is 19.4 Å². The van der Waals surface area contributed by atoms with E-state index < -0.39 is 30.1 Å². The standard InChI is InChI=1S/C21H26O6/c1-4-26-21-14-10-11-15(19(22)24-2)18(20(23)25-3)16(14)12-17(27-21)13-8-6-5-7-9-13/h5-10,15-18,21H,4,11-12H2,1-3H3/t15?,16?,17-,18?,21-/m0/s1. The van der Waals surface area contributed by atoms with E-state index in [2.05, 4.69) is 0 Å². The Bertz CT molecular complexity index is 698. The van der Waals surface area contributed by atoms with Gasteiger partial charge in [0.05, 0.1) is 32.2 Å². The molecule has 0 spiro atoms. The number of allylic oxidation sites excluding steroid dienone is 1. The number of methoxy groups -OCH3 is 2. The highest BCUT2D eigenvalue weighted by molar-refractivity contribution is 5.83. The SMILES string of the molecule is CCO[C@H]1O[C@H](c2ccccc2)CC2C1=CCC(C(=O)OC)C2C(=O)OC. The van der Waals surface area contributed by atoms with E-state index in [1.165, 1.54) is 14.2 Å². The summed E-state index contributed by atoms with van der Waals surface area (Å²) in [7, 11) is 2.69. The van der Waals surface area contributed by atoms with Gasteiger partial charge in [-0.05, 0) is 30.9 Å². The third-order valence-electron chi connectivity index (χ3n) is 5.40. The lowest BCUT2D eigenvalue weighted by Gasteiger charge is -2.44. The molecule has 1 saturated heterocycles. The lowest BCUT2D eigenvalue weighted by molar-refractivity contribution is -0.187. The van der Waals surface area contributed by atoms with E-state index in [1.54, 1.807) is 0 Å². The van der Waals surface area contributed by atoms with Gasteiger partial charge in [-0.2, -0.15) is 0 Å². The topological polar surface area (TPSA) is 71.1 Å². The summed E-state index contributed by atoms with van der Waals surface area (Å²) in [5.74, 6) is -2.17. The number of ether oxygens (including phenoxy) is 4. The largest absolute Gasteiger partial charge is 0.469 e. The Morgan fingerprint density at radius 2 is 1.81 bits per heavy atom. The van der Waals surface area contributed by atoms with Crippen LogP contribution in [0.1, 0.15) is 31.4 Å². The van der Waals surface area contributed by atoms with E-state index in [-0.39, 0.29) is 12.0 Å². The molecule has 146 valence electrons. The molecule has 1 aromatic rings. The molecule has 2 aliphatic rings. The first-order valence-corrected chi connectivity index (χ1v) is 9.28. The van der Waals surface area contributed by atoms with Crippen LogP contribution in [0.2, 0.25) is 0 Å². The summed E-state index contributed by atoms with van der Waals surface area (Å²) in [6, 6.07) is 9.85. The van der Waals surface area contributed by atoms with Crippen molar-refractivity contribution < 1.29 is 28.5 Å². The predicted molar refractivity (Wildman–Crippen MR) is 97.5 cm³/mol. The number of carbonyl (C=O) groups is 2. The van der Waals surface area contributed by atoms with Gasteiger partial charge in [0.25, 0.3) is 0 Å². The third kappa shape index (κ3) is 3.92. The molecule has 6 nitrogen and oxygen atoms in total. The molecule has 3 rings (SSSR count). The lowest BCUT2D eigenvalue weighted by atomic mass is 9.68. The maximum atomic E-state index is 12.6. The first-order chi connectivity index (χ1) is 13.1. The second kappa shape index (κ2) is 8.67. The molecule has 0 aromatic heterocycles. The van der Waals surface area contributed by atoms with Crippen LogP contribution in [0, 0.1) is 17.8 Å².